The van der Waals surface area contributed by atoms with Gasteiger partial charge in [0.1, 0.15) is 5.82 Å². The molecule has 1 amide bonds. The highest BCUT2D eigenvalue weighted by molar-refractivity contribution is 5.93. The van der Waals surface area contributed by atoms with Gasteiger partial charge in [-0.05, 0) is 38.1 Å². The van der Waals surface area contributed by atoms with Crippen LogP contribution in [0.15, 0.2) is 24.3 Å². The van der Waals surface area contributed by atoms with Crippen molar-refractivity contribution < 1.29 is 14.0 Å². The van der Waals surface area contributed by atoms with Crippen molar-refractivity contribution in [3.63, 3.8) is 0 Å². The molecule has 0 saturated carbocycles. The molecule has 98 valence electrons. The first-order valence-electron chi connectivity index (χ1n) is 6.16. The second-order valence-corrected chi connectivity index (χ2v) is 4.31. The predicted octanol–water partition coefficient (Wildman–Crippen LogP) is 1.58. The van der Waals surface area contributed by atoms with Crippen LogP contribution in [0.25, 0.3) is 0 Å². The van der Waals surface area contributed by atoms with Gasteiger partial charge in [-0.2, -0.15) is 0 Å². The number of hydrogen-bond donors (Lipinski definition) is 1. The maximum Gasteiger partial charge on any atom is 0.277 e. The second-order valence-electron chi connectivity index (χ2n) is 4.31. The average Bonchev–Trinajstić information content (AvgIpc) is 2.88. The first-order chi connectivity index (χ1) is 8.77. The number of hydroxylamine groups is 1. The first-order valence-corrected chi connectivity index (χ1v) is 6.16. The van der Waals surface area contributed by atoms with Crippen molar-refractivity contribution in [2.75, 3.05) is 26.2 Å². The molecule has 4 nitrogen and oxygen atoms in total. The zero-order valence-corrected chi connectivity index (χ0v) is 10.2. The molecule has 0 unspecified atom stereocenters. The Kier molecular flexibility index (Phi) is 4.66. The lowest BCUT2D eigenvalue weighted by molar-refractivity contribution is 0.0241. The highest BCUT2D eigenvalue weighted by atomic mass is 19.1. The fourth-order valence-electron chi connectivity index (χ4n) is 2.00. The highest BCUT2D eigenvalue weighted by Gasteiger charge is 2.12. The van der Waals surface area contributed by atoms with E-state index in [0.717, 1.165) is 19.6 Å². The lowest BCUT2D eigenvalue weighted by atomic mass is 10.2. The fraction of sp³-hybridized carbons (Fsp3) is 0.462. The average molecular weight is 252 g/mol. The normalized spacial score (nSPS) is 15.8. The largest absolute Gasteiger partial charge is 0.301 e. The SMILES string of the molecule is O=C(NOCCN1CCCC1)c1ccccc1F. The molecule has 1 N–H and O–H groups in total. The summed E-state index contributed by atoms with van der Waals surface area (Å²) >= 11 is 0. The van der Waals surface area contributed by atoms with Crippen LogP contribution in [0.1, 0.15) is 23.2 Å². The second kappa shape index (κ2) is 6.47. The van der Waals surface area contributed by atoms with Crippen LogP contribution >= 0.6 is 0 Å². The molecule has 1 fully saturated rings. The molecule has 2 rings (SSSR count). The Morgan fingerprint density at radius 2 is 2.06 bits per heavy atom. The Hall–Kier alpha value is -1.46. The Labute approximate surface area is 106 Å². The minimum absolute atomic E-state index is 0.00123. The molecule has 1 aliphatic heterocycles. The van der Waals surface area contributed by atoms with Gasteiger partial charge in [0.25, 0.3) is 5.91 Å². The van der Waals surface area contributed by atoms with Gasteiger partial charge in [0.2, 0.25) is 0 Å². The van der Waals surface area contributed by atoms with Crippen LogP contribution in [0.5, 0.6) is 0 Å². The van der Waals surface area contributed by atoms with Crippen molar-refractivity contribution in [2.24, 2.45) is 0 Å². The molecule has 0 aliphatic carbocycles. The molecule has 1 heterocycles. The summed E-state index contributed by atoms with van der Waals surface area (Å²) in [5, 5.41) is 0. The molecule has 0 bridgehead atoms. The zero-order valence-electron chi connectivity index (χ0n) is 10.2. The predicted molar refractivity (Wildman–Crippen MR) is 65.5 cm³/mol. The van der Waals surface area contributed by atoms with E-state index in [1.807, 2.05) is 0 Å². The summed E-state index contributed by atoms with van der Waals surface area (Å²) in [5.41, 5.74) is 2.26. The van der Waals surface area contributed by atoms with E-state index in [9.17, 15) is 9.18 Å². The standard InChI is InChI=1S/C13H17FN2O2/c14-12-6-2-1-5-11(12)13(17)15-18-10-9-16-7-3-4-8-16/h1-2,5-6H,3-4,7-10H2,(H,15,17). The number of hydrogen-bond acceptors (Lipinski definition) is 3. The minimum Gasteiger partial charge on any atom is -0.301 e. The summed E-state index contributed by atoms with van der Waals surface area (Å²) in [6.45, 7) is 3.38. The molecule has 0 aromatic heterocycles. The molecule has 1 aromatic carbocycles. The van der Waals surface area contributed by atoms with Gasteiger partial charge >= 0.3 is 0 Å². The quantitative estimate of drug-likeness (QED) is 0.639. The first kappa shape index (κ1) is 13.0. The number of nitrogens with one attached hydrogen (secondary N) is 1. The Balaban J connectivity index is 1.70. The number of carbonyl (C=O) groups excluding carboxylic acids is 1. The van der Waals surface area contributed by atoms with Gasteiger partial charge in [-0.25, -0.2) is 9.87 Å². The molecule has 18 heavy (non-hydrogen) atoms. The van der Waals surface area contributed by atoms with E-state index in [4.69, 9.17) is 4.84 Å². The number of likely N-dealkylation sites (tertiary alicyclic amines) is 1. The summed E-state index contributed by atoms with van der Waals surface area (Å²) in [4.78, 5) is 18.9. The number of nitrogens with zero attached hydrogens (tertiary/aromatic N) is 1. The van der Waals surface area contributed by atoms with Gasteiger partial charge in [0.15, 0.2) is 0 Å². The van der Waals surface area contributed by atoms with Crippen molar-refractivity contribution in [1.29, 1.82) is 0 Å². The lowest BCUT2D eigenvalue weighted by Crippen LogP contribution is -2.30. The van der Waals surface area contributed by atoms with Crippen LogP contribution < -0.4 is 5.48 Å². The maximum absolute atomic E-state index is 13.3. The summed E-state index contributed by atoms with van der Waals surface area (Å²) in [5.74, 6) is -1.09. The van der Waals surface area contributed by atoms with Crippen LogP contribution in [0.4, 0.5) is 4.39 Å². The van der Waals surface area contributed by atoms with E-state index in [1.54, 1.807) is 12.1 Å². The number of benzene rings is 1. The van der Waals surface area contributed by atoms with Crippen molar-refractivity contribution in [2.45, 2.75) is 12.8 Å². The summed E-state index contributed by atoms with van der Waals surface area (Å²) in [6.07, 6.45) is 2.45. The van der Waals surface area contributed by atoms with Gasteiger partial charge in [-0.1, -0.05) is 12.1 Å². The third-order valence-corrected chi connectivity index (χ3v) is 2.99. The smallest absolute Gasteiger partial charge is 0.277 e. The van der Waals surface area contributed by atoms with Gasteiger partial charge < -0.3 is 4.90 Å². The van der Waals surface area contributed by atoms with Crippen molar-refractivity contribution in [3.8, 4) is 0 Å². The van der Waals surface area contributed by atoms with Crippen LogP contribution in [-0.4, -0.2) is 37.0 Å². The Morgan fingerprint density at radius 3 is 2.78 bits per heavy atom. The fourth-order valence-corrected chi connectivity index (χ4v) is 2.00. The Morgan fingerprint density at radius 1 is 1.33 bits per heavy atom. The monoisotopic (exact) mass is 252 g/mol. The van der Waals surface area contributed by atoms with Crippen LogP contribution in [0, 0.1) is 5.82 Å². The molecule has 0 atom stereocenters. The van der Waals surface area contributed by atoms with E-state index < -0.39 is 11.7 Å². The molecular weight excluding hydrogens is 235 g/mol. The highest BCUT2D eigenvalue weighted by Crippen LogP contribution is 2.07. The Bertz CT molecular complexity index is 406. The molecule has 0 spiro atoms. The van der Waals surface area contributed by atoms with E-state index in [2.05, 4.69) is 10.4 Å². The summed E-state index contributed by atoms with van der Waals surface area (Å²) in [7, 11) is 0. The van der Waals surface area contributed by atoms with Crippen LogP contribution in [0.2, 0.25) is 0 Å². The third-order valence-electron chi connectivity index (χ3n) is 2.99. The summed E-state index contributed by atoms with van der Waals surface area (Å²) < 4.78 is 13.3. The van der Waals surface area contributed by atoms with Gasteiger partial charge in [-0.15, -0.1) is 0 Å². The molecule has 0 radical (unpaired) electrons. The van der Waals surface area contributed by atoms with E-state index in [1.165, 1.54) is 25.0 Å². The maximum atomic E-state index is 13.3. The van der Waals surface area contributed by atoms with Gasteiger partial charge in [0.05, 0.1) is 12.2 Å². The lowest BCUT2D eigenvalue weighted by Gasteiger charge is -2.14. The van der Waals surface area contributed by atoms with Gasteiger partial charge in [0, 0.05) is 6.54 Å². The van der Waals surface area contributed by atoms with Gasteiger partial charge in [-0.3, -0.25) is 9.63 Å². The number of carbonyl (C=O) groups is 1. The van der Waals surface area contributed by atoms with E-state index in [-0.39, 0.29) is 5.56 Å². The number of rotatable bonds is 5. The number of halogens is 1. The topological polar surface area (TPSA) is 41.6 Å². The third kappa shape index (κ3) is 3.51. The molecule has 1 aliphatic rings. The minimum atomic E-state index is -0.547. The molecular formula is C13H17FN2O2. The number of amides is 1. The van der Waals surface area contributed by atoms with Crippen molar-refractivity contribution in [3.05, 3.63) is 35.6 Å². The van der Waals surface area contributed by atoms with E-state index >= 15 is 0 Å². The van der Waals surface area contributed by atoms with E-state index in [0.29, 0.717) is 6.61 Å². The van der Waals surface area contributed by atoms with Crippen LogP contribution in [-0.2, 0) is 4.84 Å². The summed E-state index contributed by atoms with van der Waals surface area (Å²) in [6, 6.07) is 5.83. The van der Waals surface area contributed by atoms with Crippen molar-refractivity contribution >= 4 is 5.91 Å². The van der Waals surface area contributed by atoms with Crippen LogP contribution in [0.3, 0.4) is 0 Å². The molecule has 5 heteroatoms. The van der Waals surface area contributed by atoms with Crippen molar-refractivity contribution in [1.82, 2.24) is 10.4 Å². The molecule has 1 aromatic rings. The molecule has 1 saturated heterocycles. The zero-order chi connectivity index (χ0) is 12.8.